The third-order valence-corrected chi connectivity index (χ3v) is 14.4. The summed E-state index contributed by atoms with van der Waals surface area (Å²) in [6, 6.07) is 73.9. The van der Waals surface area contributed by atoms with Crippen molar-refractivity contribution in [1.82, 2.24) is 9.88 Å². The molecule has 4 heterocycles. The fourth-order valence-electron chi connectivity index (χ4n) is 10.2. The summed E-state index contributed by atoms with van der Waals surface area (Å²) < 4.78 is 11.8. The van der Waals surface area contributed by atoms with Gasteiger partial charge in [0.15, 0.2) is 5.84 Å². The SMILES string of the molecule is c1ccc(-c2cccc(C3N=C(c4cccc5c4sc4ccccc45)N=C(c4cc(-n5c6cc7ccccc7cc6c6ccc7ccccc7c65)cc5c4oc4ccccc45)N3)c2)cc1. The molecule has 14 rings (SSSR count). The first-order chi connectivity index (χ1) is 32.2. The summed E-state index contributed by atoms with van der Waals surface area (Å²) in [6.07, 6.45) is -0.447. The fourth-order valence-corrected chi connectivity index (χ4v) is 11.4. The van der Waals surface area contributed by atoms with Gasteiger partial charge in [0.05, 0.1) is 16.6 Å². The van der Waals surface area contributed by atoms with Gasteiger partial charge in [-0.25, -0.2) is 9.98 Å². The van der Waals surface area contributed by atoms with Crippen molar-refractivity contribution in [3.8, 4) is 16.8 Å². The van der Waals surface area contributed by atoms with Crippen molar-refractivity contribution >= 4 is 108 Å². The van der Waals surface area contributed by atoms with Crippen LogP contribution in [0.15, 0.2) is 221 Å². The molecule has 0 amide bonds. The van der Waals surface area contributed by atoms with Crippen LogP contribution in [0.4, 0.5) is 0 Å². The number of aliphatic imine (C=N–C) groups is 2. The Hall–Kier alpha value is -8.32. The molecule has 1 unspecified atom stereocenters. The molecule has 13 aromatic rings. The number of hydrogen-bond acceptors (Lipinski definition) is 5. The Morgan fingerprint density at radius 1 is 0.492 bits per heavy atom. The van der Waals surface area contributed by atoms with E-state index in [9.17, 15) is 0 Å². The van der Waals surface area contributed by atoms with Gasteiger partial charge in [-0.3, -0.25) is 0 Å². The van der Waals surface area contributed by atoms with Crippen LogP contribution in [0.25, 0.3) is 102 Å². The molecule has 1 aliphatic heterocycles. The first-order valence-electron chi connectivity index (χ1n) is 22.0. The lowest BCUT2D eigenvalue weighted by Gasteiger charge is -2.25. The number of amidine groups is 2. The van der Waals surface area contributed by atoms with Gasteiger partial charge in [0.25, 0.3) is 0 Å². The van der Waals surface area contributed by atoms with E-state index >= 15 is 0 Å². The van der Waals surface area contributed by atoms with Gasteiger partial charge in [-0.15, -0.1) is 11.3 Å². The van der Waals surface area contributed by atoms with Crippen LogP contribution in [0.1, 0.15) is 22.9 Å². The highest BCUT2D eigenvalue weighted by atomic mass is 32.1. The van der Waals surface area contributed by atoms with E-state index in [1.165, 1.54) is 58.0 Å². The quantitative estimate of drug-likeness (QED) is 0.188. The fraction of sp³-hybridized carbons (Fsp3) is 0.0169. The van der Waals surface area contributed by atoms with Gasteiger partial charge in [-0.2, -0.15) is 0 Å². The van der Waals surface area contributed by atoms with Crippen molar-refractivity contribution in [2.75, 3.05) is 0 Å². The zero-order chi connectivity index (χ0) is 42.6. The van der Waals surface area contributed by atoms with Crippen LogP contribution >= 0.6 is 11.3 Å². The van der Waals surface area contributed by atoms with E-state index in [4.69, 9.17) is 14.4 Å². The minimum atomic E-state index is -0.447. The molecule has 304 valence electrons. The number of fused-ring (bicyclic) bond motifs is 12. The van der Waals surface area contributed by atoms with Gasteiger partial charge in [-0.1, -0.05) is 158 Å². The van der Waals surface area contributed by atoms with Crippen LogP contribution in [0.5, 0.6) is 0 Å². The average Bonchev–Trinajstić information content (AvgIpc) is 4.05. The Morgan fingerprint density at radius 2 is 1.22 bits per heavy atom. The number of nitrogens with one attached hydrogen (secondary N) is 1. The summed E-state index contributed by atoms with van der Waals surface area (Å²) in [7, 11) is 0. The van der Waals surface area contributed by atoms with E-state index in [2.05, 4.69) is 210 Å². The summed E-state index contributed by atoms with van der Waals surface area (Å²) in [6.45, 7) is 0. The van der Waals surface area contributed by atoms with Gasteiger partial charge < -0.3 is 14.3 Å². The minimum absolute atomic E-state index is 0.447. The van der Waals surface area contributed by atoms with Crippen molar-refractivity contribution in [2.24, 2.45) is 9.98 Å². The lowest BCUT2D eigenvalue weighted by Crippen LogP contribution is -2.33. The predicted molar refractivity (Wildman–Crippen MR) is 273 cm³/mol. The standard InChI is InChI=1S/C59H36N4OS/c1-2-14-35(15-3-1)37-19-12-20-40(30-37)57-60-58(47-25-13-24-46-44-23-9-11-27-53(44)65-56(46)47)62-59(61-57)50-34-41(33-49-43-22-8-10-26-52(43)64-55(49)50)63-51-32-39-18-5-4-17-38(39)31-48(51)45-29-28-36-16-6-7-21-42(36)54(45)63/h1-34,57H,(H,60,61,62). The number of furan rings is 1. The van der Waals surface area contributed by atoms with Crippen LogP contribution in [0.3, 0.4) is 0 Å². The first kappa shape index (κ1) is 36.2. The molecule has 0 radical (unpaired) electrons. The molecule has 10 aromatic carbocycles. The lowest BCUT2D eigenvalue weighted by molar-refractivity contribution is 0.659. The molecule has 0 bridgehead atoms. The third kappa shape index (κ3) is 5.64. The maximum Gasteiger partial charge on any atom is 0.160 e. The number of hydrogen-bond donors (Lipinski definition) is 1. The van der Waals surface area contributed by atoms with Gasteiger partial charge >= 0.3 is 0 Å². The van der Waals surface area contributed by atoms with Crippen LogP contribution in [-0.4, -0.2) is 16.2 Å². The zero-order valence-corrected chi connectivity index (χ0v) is 35.7. The van der Waals surface area contributed by atoms with E-state index in [-0.39, 0.29) is 0 Å². The van der Waals surface area contributed by atoms with Gasteiger partial charge in [0, 0.05) is 58.4 Å². The lowest BCUT2D eigenvalue weighted by atomic mass is 10.0. The topological polar surface area (TPSA) is 54.8 Å². The van der Waals surface area contributed by atoms with E-state index in [1.54, 1.807) is 11.3 Å². The monoisotopic (exact) mass is 848 g/mol. The second kappa shape index (κ2) is 14.1. The molecule has 0 fully saturated rings. The van der Waals surface area contributed by atoms with Gasteiger partial charge in [-0.05, 0) is 81.4 Å². The van der Waals surface area contributed by atoms with Crippen molar-refractivity contribution in [1.29, 1.82) is 0 Å². The molecule has 5 nitrogen and oxygen atoms in total. The molecule has 3 aromatic heterocycles. The van der Waals surface area contributed by atoms with Crippen molar-refractivity contribution in [3.63, 3.8) is 0 Å². The van der Waals surface area contributed by atoms with Crippen molar-refractivity contribution < 1.29 is 4.42 Å². The molecular weight excluding hydrogens is 813 g/mol. The van der Waals surface area contributed by atoms with Gasteiger partial charge in [0.2, 0.25) is 0 Å². The van der Waals surface area contributed by atoms with Crippen molar-refractivity contribution in [2.45, 2.75) is 6.17 Å². The molecule has 0 saturated carbocycles. The highest BCUT2D eigenvalue weighted by Gasteiger charge is 2.27. The second-order valence-electron chi connectivity index (χ2n) is 16.9. The normalized spacial score (nSPS) is 14.3. The summed E-state index contributed by atoms with van der Waals surface area (Å²) in [5, 5.41) is 15.6. The second-order valence-corrected chi connectivity index (χ2v) is 18.0. The largest absolute Gasteiger partial charge is 0.455 e. The Labute approximate surface area is 376 Å². The van der Waals surface area contributed by atoms with E-state index in [1.807, 2.05) is 6.07 Å². The zero-order valence-electron chi connectivity index (χ0n) is 34.9. The molecule has 0 saturated heterocycles. The summed E-state index contributed by atoms with van der Waals surface area (Å²) >= 11 is 1.79. The minimum Gasteiger partial charge on any atom is -0.455 e. The number of benzene rings is 10. The van der Waals surface area contributed by atoms with E-state index in [0.29, 0.717) is 11.7 Å². The number of nitrogens with zero attached hydrogens (tertiary/aromatic N) is 3. The Morgan fingerprint density at radius 3 is 2.11 bits per heavy atom. The molecular formula is C59H36N4OS. The number of thiophene rings is 1. The molecule has 1 N–H and O–H groups in total. The van der Waals surface area contributed by atoms with Crippen LogP contribution in [-0.2, 0) is 0 Å². The molecule has 0 spiro atoms. The number of para-hydroxylation sites is 1. The molecule has 65 heavy (non-hydrogen) atoms. The summed E-state index contributed by atoms with van der Waals surface area (Å²) in [4.78, 5) is 11.0. The van der Waals surface area contributed by atoms with E-state index < -0.39 is 6.17 Å². The highest BCUT2D eigenvalue weighted by Crippen LogP contribution is 2.42. The Bertz CT molecular complexity index is 4170. The van der Waals surface area contributed by atoms with Gasteiger partial charge in [0.1, 0.15) is 23.2 Å². The Kier molecular flexibility index (Phi) is 7.85. The predicted octanol–water partition coefficient (Wildman–Crippen LogP) is 15.5. The molecule has 6 heteroatoms. The maximum atomic E-state index is 6.91. The number of rotatable bonds is 5. The first-order valence-corrected chi connectivity index (χ1v) is 22.8. The molecule has 0 aliphatic carbocycles. The highest BCUT2D eigenvalue weighted by molar-refractivity contribution is 7.26. The van der Waals surface area contributed by atoms with Crippen LogP contribution in [0, 0.1) is 0 Å². The van der Waals surface area contributed by atoms with Crippen molar-refractivity contribution in [3.05, 3.63) is 223 Å². The van der Waals surface area contributed by atoms with Crippen LogP contribution < -0.4 is 5.32 Å². The maximum absolute atomic E-state index is 6.91. The summed E-state index contributed by atoms with van der Waals surface area (Å²) in [5.74, 6) is 1.38. The van der Waals surface area contributed by atoms with E-state index in [0.717, 1.165) is 61.0 Å². The average molecular weight is 849 g/mol. The molecule has 1 atom stereocenters. The summed E-state index contributed by atoms with van der Waals surface area (Å²) in [5.41, 5.74) is 10.1. The third-order valence-electron chi connectivity index (χ3n) is 13.2. The smallest absolute Gasteiger partial charge is 0.160 e. The molecule has 1 aliphatic rings. The Balaban J connectivity index is 1.06. The van der Waals surface area contributed by atoms with Crippen LogP contribution in [0.2, 0.25) is 0 Å². The number of aromatic nitrogens is 1.